The fourth-order valence-corrected chi connectivity index (χ4v) is 4.51. The van der Waals surface area contributed by atoms with Crippen LogP contribution in [0.2, 0.25) is 0 Å². The van der Waals surface area contributed by atoms with Crippen LogP contribution in [-0.4, -0.2) is 77.6 Å². The minimum absolute atomic E-state index is 0.000105. The summed E-state index contributed by atoms with van der Waals surface area (Å²) < 4.78 is 4.81. The van der Waals surface area contributed by atoms with E-state index in [1.54, 1.807) is 4.90 Å². The molecule has 0 saturated carbocycles. The topological polar surface area (TPSA) is 154 Å². The van der Waals surface area contributed by atoms with Gasteiger partial charge in [-0.3, -0.25) is 14.4 Å². The Morgan fingerprint density at radius 2 is 1.81 bits per heavy atom. The van der Waals surface area contributed by atoms with E-state index in [4.69, 9.17) is 9.84 Å². The van der Waals surface area contributed by atoms with Crippen molar-refractivity contribution in [1.29, 1.82) is 0 Å². The van der Waals surface area contributed by atoms with Gasteiger partial charge in [0.05, 0.1) is 7.11 Å². The summed E-state index contributed by atoms with van der Waals surface area (Å²) in [4.78, 5) is 62.1. The summed E-state index contributed by atoms with van der Waals surface area (Å²) in [6.07, 6.45) is 0.709. The predicted molar refractivity (Wildman–Crippen MR) is 113 cm³/mol. The molecule has 11 heteroatoms. The molecule has 32 heavy (non-hydrogen) atoms. The van der Waals surface area contributed by atoms with Gasteiger partial charge < -0.3 is 30.7 Å². The summed E-state index contributed by atoms with van der Waals surface area (Å²) in [7, 11) is 1.19. The largest absolute Gasteiger partial charge is 0.467 e. The number of nitrogens with one attached hydrogen (secondary N) is 3. The molecule has 2 fully saturated rings. The first-order chi connectivity index (χ1) is 15.0. The first kappa shape index (κ1) is 25.4. The molecular formula is C21H34N4O7. The van der Waals surface area contributed by atoms with Crippen LogP contribution < -0.4 is 16.0 Å². The number of carboxylic acid groups (broad SMARTS) is 1. The van der Waals surface area contributed by atoms with E-state index in [1.165, 1.54) is 14.0 Å². The summed E-state index contributed by atoms with van der Waals surface area (Å²) in [5, 5.41) is 16.8. The Hall–Kier alpha value is -2.85. The van der Waals surface area contributed by atoms with Crippen LogP contribution in [0.25, 0.3) is 0 Å². The molecule has 2 heterocycles. The van der Waals surface area contributed by atoms with Crippen molar-refractivity contribution in [3.8, 4) is 0 Å². The van der Waals surface area contributed by atoms with Crippen molar-refractivity contribution < 1.29 is 33.8 Å². The van der Waals surface area contributed by atoms with Crippen LogP contribution in [0.5, 0.6) is 0 Å². The minimum atomic E-state index is -1.34. The van der Waals surface area contributed by atoms with E-state index in [9.17, 15) is 24.0 Å². The van der Waals surface area contributed by atoms with E-state index in [-0.39, 0.29) is 30.6 Å². The highest BCUT2D eigenvalue weighted by Crippen LogP contribution is 2.36. The van der Waals surface area contributed by atoms with Gasteiger partial charge in [0.15, 0.2) is 0 Å². The fourth-order valence-electron chi connectivity index (χ4n) is 4.51. The van der Waals surface area contributed by atoms with Gasteiger partial charge in [-0.15, -0.1) is 0 Å². The number of likely N-dealkylation sites (tertiary alicyclic amines) is 1. The first-order valence-corrected chi connectivity index (χ1v) is 10.9. The number of methoxy groups -OCH3 is 1. The Morgan fingerprint density at radius 3 is 2.31 bits per heavy atom. The number of esters is 1. The molecular weight excluding hydrogens is 420 g/mol. The Morgan fingerprint density at radius 1 is 1.19 bits per heavy atom. The molecule has 1 spiro atoms. The van der Waals surface area contributed by atoms with Gasteiger partial charge in [-0.2, -0.15) is 0 Å². The highest BCUT2D eigenvalue weighted by Gasteiger charge is 2.47. The van der Waals surface area contributed by atoms with Gasteiger partial charge in [0, 0.05) is 31.5 Å². The summed E-state index contributed by atoms with van der Waals surface area (Å²) in [6.45, 7) is 6.32. The summed E-state index contributed by atoms with van der Waals surface area (Å²) in [6, 6.07) is -2.11. The summed E-state index contributed by atoms with van der Waals surface area (Å²) in [5.74, 6) is -2.02. The van der Waals surface area contributed by atoms with E-state index in [0.717, 1.165) is 0 Å². The average molecular weight is 455 g/mol. The van der Waals surface area contributed by atoms with Gasteiger partial charge in [0.2, 0.25) is 17.7 Å². The molecule has 0 aromatic rings. The lowest BCUT2D eigenvalue weighted by Crippen LogP contribution is -2.52. The van der Waals surface area contributed by atoms with E-state index in [0.29, 0.717) is 32.4 Å². The second kappa shape index (κ2) is 10.6. The van der Waals surface area contributed by atoms with Crippen LogP contribution in [0.1, 0.15) is 52.9 Å². The van der Waals surface area contributed by atoms with Gasteiger partial charge in [-0.05, 0) is 38.0 Å². The van der Waals surface area contributed by atoms with E-state index >= 15 is 0 Å². The monoisotopic (exact) mass is 454 g/mol. The second-order valence-electron chi connectivity index (χ2n) is 9.13. The molecule has 11 nitrogen and oxygen atoms in total. The molecule has 2 saturated heterocycles. The molecule has 2 aliphatic rings. The van der Waals surface area contributed by atoms with Crippen molar-refractivity contribution in [2.45, 2.75) is 70.5 Å². The van der Waals surface area contributed by atoms with Crippen LogP contribution in [0.4, 0.5) is 4.79 Å². The summed E-state index contributed by atoms with van der Waals surface area (Å²) in [5.41, 5.74) is -0.427. The lowest BCUT2D eigenvalue weighted by molar-refractivity contribution is -0.146. The number of nitrogens with zero attached hydrogens (tertiary/aromatic N) is 1. The number of piperidine rings is 1. The van der Waals surface area contributed by atoms with Crippen molar-refractivity contribution in [3.05, 3.63) is 0 Å². The molecule has 2 aliphatic heterocycles. The lowest BCUT2D eigenvalue weighted by Gasteiger charge is -2.39. The number of hydrogen-bond acceptors (Lipinski definition) is 6. The third kappa shape index (κ3) is 6.57. The van der Waals surface area contributed by atoms with Crippen LogP contribution in [0, 0.1) is 11.8 Å². The zero-order valence-corrected chi connectivity index (χ0v) is 19.1. The average Bonchev–Trinajstić information content (AvgIpc) is 3.00. The van der Waals surface area contributed by atoms with Crippen LogP contribution in [0.3, 0.4) is 0 Å². The fraction of sp³-hybridized carbons (Fsp3) is 0.762. The van der Waals surface area contributed by atoms with Crippen LogP contribution in [0.15, 0.2) is 0 Å². The van der Waals surface area contributed by atoms with Crippen LogP contribution in [-0.2, 0) is 23.9 Å². The number of carbonyl (C=O) groups excluding carboxylic acids is 4. The van der Waals surface area contributed by atoms with E-state index < -0.39 is 41.5 Å². The maximum atomic E-state index is 12.7. The molecule has 2 rings (SSSR count). The zero-order valence-electron chi connectivity index (χ0n) is 19.1. The third-order valence-corrected chi connectivity index (χ3v) is 6.21. The van der Waals surface area contributed by atoms with E-state index in [2.05, 4.69) is 16.0 Å². The van der Waals surface area contributed by atoms with Crippen molar-refractivity contribution >= 4 is 29.8 Å². The first-order valence-electron chi connectivity index (χ1n) is 10.9. The minimum Gasteiger partial charge on any atom is -0.467 e. The zero-order chi connectivity index (χ0) is 24.1. The Labute approximate surface area is 187 Å². The Bertz CT molecular complexity index is 746. The number of rotatable bonds is 8. The van der Waals surface area contributed by atoms with Crippen molar-refractivity contribution in [1.82, 2.24) is 20.9 Å². The highest BCUT2D eigenvalue weighted by atomic mass is 16.5. The number of hydrogen-bond donors (Lipinski definition) is 4. The Kier molecular flexibility index (Phi) is 8.45. The van der Waals surface area contributed by atoms with Gasteiger partial charge >= 0.3 is 12.1 Å². The molecule has 2 unspecified atom stereocenters. The molecule has 0 bridgehead atoms. The molecule has 0 radical (unpaired) electrons. The summed E-state index contributed by atoms with van der Waals surface area (Å²) >= 11 is 0. The molecule has 0 aromatic carbocycles. The Balaban J connectivity index is 2.06. The van der Waals surface area contributed by atoms with Crippen LogP contribution >= 0.6 is 0 Å². The molecule has 180 valence electrons. The number of ether oxygens (including phenoxy) is 1. The molecule has 0 aliphatic carbocycles. The quantitative estimate of drug-likeness (QED) is 0.383. The van der Waals surface area contributed by atoms with Gasteiger partial charge in [-0.1, -0.05) is 13.8 Å². The van der Waals surface area contributed by atoms with Crippen molar-refractivity contribution in [2.24, 2.45) is 11.8 Å². The van der Waals surface area contributed by atoms with Gasteiger partial charge in [0.1, 0.15) is 12.1 Å². The van der Waals surface area contributed by atoms with Crippen molar-refractivity contribution in [3.63, 3.8) is 0 Å². The maximum absolute atomic E-state index is 12.7. The molecule has 4 amide bonds. The van der Waals surface area contributed by atoms with Crippen molar-refractivity contribution in [2.75, 3.05) is 20.2 Å². The number of amides is 4. The van der Waals surface area contributed by atoms with Gasteiger partial charge in [-0.25, -0.2) is 9.59 Å². The lowest BCUT2D eigenvalue weighted by atomic mass is 9.82. The SMILES string of the molecule is COC(=O)C(CC1CC2(CCN(C(C)=O)CC2)NC1=O)NC(=O)[C@H](CC(C)C)NC(=O)O. The predicted octanol–water partition coefficient (Wildman–Crippen LogP) is 0.234. The molecule has 4 N–H and O–H groups in total. The third-order valence-electron chi connectivity index (χ3n) is 6.21. The standard InChI is InChI=1S/C21H34N4O7/c1-12(2)9-15(23-20(30)31)18(28)22-16(19(29)32-4)10-14-11-21(24-17(14)27)5-7-25(8-6-21)13(3)26/h12,14-16,23H,5-11H2,1-4H3,(H,22,28)(H,24,27)(H,30,31)/t14?,15-,16?/m0/s1. The second-order valence-corrected chi connectivity index (χ2v) is 9.13. The number of carbonyl (C=O) groups is 5. The normalized spacial score (nSPS) is 21.6. The molecule has 3 atom stereocenters. The maximum Gasteiger partial charge on any atom is 0.405 e. The smallest absolute Gasteiger partial charge is 0.405 e. The molecule has 0 aromatic heterocycles. The highest BCUT2D eigenvalue weighted by molar-refractivity contribution is 5.90. The van der Waals surface area contributed by atoms with Gasteiger partial charge in [0.25, 0.3) is 0 Å². The van der Waals surface area contributed by atoms with E-state index in [1.807, 2.05) is 13.8 Å².